The third kappa shape index (κ3) is 5.28. The molecule has 6 heteroatoms. The van der Waals surface area contributed by atoms with Crippen LogP contribution in [-0.4, -0.2) is 83.9 Å². The minimum atomic E-state index is -0.0172. The summed E-state index contributed by atoms with van der Waals surface area (Å²) < 4.78 is 0. The summed E-state index contributed by atoms with van der Waals surface area (Å²) in [6.45, 7) is 8.12. The molecule has 3 rings (SSSR count). The molecule has 1 fully saturated rings. The van der Waals surface area contributed by atoms with Gasteiger partial charge < -0.3 is 10.2 Å². The van der Waals surface area contributed by atoms with Crippen molar-refractivity contribution >= 4 is 11.5 Å². The quantitative estimate of drug-likeness (QED) is 0.703. The molecule has 0 amide bonds. The molecule has 1 unspecified atom stereocenters. The van der Waals surface area contributed by atoms with E-state index in [1.807, 2.05) is 37.3 Å². The molecule has 152 valence electrons. The summed E-state index contributed by atoms with van der Waals surface area (Å²) >= 11 is 0. The normalized spacial score (nSPS) is 22.7. The molecule has 6 nitrogen and oxygen atoms in total. The highest BCUT2D eigenvalue weighted by atomic mass is 16.3. The third-order valence-corrected chi connectivity index (χ3v) is 5.72. The fourth-order valence-corrected chi connectivity index (χ4v) is 4.08. The van der Waals surface area contributed by atoms with Crippen molar-refractivity contribution < 1.29 is 15.0 Å². The summed E-state index contributed by atoms with van der Waals surface area (Å²) in [6, 6.07) is 9.91. The van der Waals surface area contributed by atoms with Crippen LogP contribution in [0.1, 0.15) is 31.2 Å². The highest BCUT2D eigenvalue weighted by Crippen LogP contribution is 2.33. The number of ketones is 1. The Morgan fingerprint density at radius 2 is 1.71 bits per heavy atom. The van der Waals surface area contributed by atoms with Crippen LogP contribution in [0.5, 0.6) is 0 Å². The average Bonchev–Trinajstić information content (AvgIpc) is 2.69. The lowest BCUT2D eigenvalue weighted by atomic mass is 9.81. The summed E-state index contributed by atoms with van der Waals surface area (Å²) in [5.74, 6) is 0.195. The van der Waals surface area contributed by atoms with Gasteiger partial charge in [-0.15, -0.1) is 0 Å². The Balaban J connectivity index is 1.54. The maximum Gasteiger partial charge on any atom is 0.168 e. The number of piperazine rings is 1. The van der Waals surface area contributed by atoms with Crippen molar-refractivity contribution in [2.75, 3.05) is 52.4 Å². The van der Waals surface area contributed by atoms with Crippen LogP contribution in [0.15, 0.2) is 46.7 Å². The van der Waals surface area contributed by atoms with Crippen LogP contribution in [0.2, 0.25) is 0 Å². The van der Waals surface area contributed by atoms with E-state index in [1.54, 1.807) is 0 Å². The van der Waals surface area contributed by atoms with E-state index in [-0.39, 0.29) is 24.1 Å². The number of nitrogens with zero attached hydrogens (tertiary/aromatic N) is 3. The molecule has 0 aromatic heterocycles. The Morgan fingerprint density at radius 3 is 2.32 bits per heavy atom. The number of β-amino-alcohol motifs (C(OH)–C–C–N with tert-alkyl or cyclic N) is 1. The summed E-state index contributed by atoms with van der Waals surface area (Å²) in [7, 11) is 0. The summed E-state index contributed by atoms with van der Waals surface area (Å²) in [6.07, 6.45) is 0.911. The summed E-state index contributed by atoms with van der Waals surface area (Å²) in [5, 5.41) is 19.5. The van der Waals surface area contributed by atoms with E-state index in [2.05, 4.69) is 14.8 Å². The lowest BCUT2D eigenvalue weighted by Gasteiger charge is -2.34. The highest BCUT2D eigenvalue weighted by molar-refractivity contribution is 6.22. The minimum Gasteiger partial charge on any atom is -0.511 e. The maximum atomic E-state index is 12.7. The fourth-order valence-electron chi connectivity index (χ4n) is 4.08. The van der Waals surface area contributed by atoms with Gasteiger partial charge in [0.25, 0.3) is 0 Å². The largest absolute Gasteiger partial charge is 0.511 e. The maximum absolute atomic E-state index is 12.7. The van der Waals surface area contributed by atoms with Gasteiger partial charge in [-0.05, 0) is 18.4 Å². The molecule has 0 radical (unpaired) electrons. The lowest BCUT2D eigenvalue weighted by Crippen LogP contribution is -2.47. The smallest absolute Gasteiger partial charge is 0.168 e. The van der Waals surface area contributed by atoms with Gasteiger partial charge >= 0.3 is 0 Å². The van der Waals surface area contributed by atoms with Crippen molar-refractivity contribution in [2.24, 2.45) is 4.99 Å². The van der Waals surface area contributed by atoms with Crippen LogP contribution in [0.25, 0.3) is 0 Å². The number of aliphatic hydroxyl groups is 2. The molecule has 1 aliphatic heterocycles. The number of rotatable bonds is 7. The molecule has 1 aliphatic carbocycles. The zero-order valence-corrected chi connectivity index (χ0v) is 16.7. The van der Waals surface area contributed by atoms with Gasteiger partial charge in [-0.3, -0.25) is 19.6 Å². The zero-order chi connectivity index (χ0) is 19.9. The first-order valence-electron chi connectivity index (χ1n) is 10.2. The first-order valence-corrected chi connectivity index (χ1v) is 10.2. The molecule has 1 aromatic carbocycles. The Morgan fingerprint density at radius 1 is 1.07 bits per heavy atom. The van der Waals surface area contributed by atoms with Crippen LogP contribution in [-0.2, 0) is 4.79 Å². The van der Waals surface area contributed by atoms with Crippen molar-refractivity contribution in [1.29, 1.82) is 0 Å². The molecule has 0 bridgehead atoms. The van der Waals surface area contributed by atoms with E-state index in [4.69, 9.17) is 5.11 Å². The molecule has 2 aliphatic rings. The predicted octanol–water partition coefficient (Wildman–Crippen LogP) is 2.02. The van der Waals surface area contributed by atoms with Gasteiger partial charge in [-0.25, -0.2) is 0 Å². The van der Waals surface area contributed by atoms with Gasteiger partial charge in [0.1, 0.15) is 5.76 Å². The first kappa shape index (κ1) is 20.7. The number of benzene rings is 1. The van der Waals surface area contributed by atoms with Gasteiger partial charge in [0.05, 0.1) is 18.7 Å². The van der Waals surface area contributed by atoms with E-state index in [0.29, 0.717) is 30.7 Å². The van der Waals surface area contributed by atoms with Crippen molar-refractivity contribution in [1.82, 2.24) is 9.80 Å². The first-order chi connectivity index (χ1) is 13.6. The molecule has 0 spiro atoms. The second kappa shape index (κ2) is 9.96. The molecule has 1 heterocycles. The monoisotopic (exact) mass is 385 g/mol. The van der Waals surface area contributed by atoms with Crippen LogP contribution >= 0.6 is 0 Å². The number of aliphatic hydroxyl groups excluding tert-OH is 2. The zero-order valence-electron chi connectivity index (χ0n) is 16.7. The topological polar surface area (TPSA) is 76.4 Å². The van der Waals surface area contributed by atoms with Crippen molar-refractivity contribution in [3.63, 3.8) is 0 Å². The summed E-state index contributed by atoms with van der Waals surface area (Å²) in [4.78, 5) is 21.9. The Bertz CT molecular complexity index is 722. The molecule has 1 saturated heterocycles. The Kier molecular flexibility index (Phi) is 7.36. The van der Waals surface area contributed by atoms with E-state index in [1.165, 1.54) is 0 Å². The second-order valence-electron chi connectivity index (χ2n) is 7.63. The third-order valence-electron chi connectivity index (χ3n) is 5.72. The number of Topliss-reactive ketones (excluding diaryl/α,β-unsaturated/α-hetero) is 1. The molecule has 0 saturated carbocycles. The molecular weight excluding hydrogens is 354 g/mol. The lowest BCUT2D eigenvalue weighted by molar-refractivity contribution is -0.116. The van der Waals surface area contributed by atoms with Crippen LogP contribution in [0.4, 0.5) is 0 Å². The van der Waals surface area contributed by atoms with Gasteiger partial charge in [0.2, 0.25) is 0 Å². The number of aliphatic imine (C=N–C) groups is 1. The van der Waals surface area contributed by atoms with E-state index < -0.39 is 0 Å². The average molecular weight is 386 g/mol. The van der Waals surface area contributed by atoms with Gasteiger partial charge in [-0.2, -0.15) is 0 Å². The predicted molar refractivity (Wildman–Crippen MR) is 111 cm³/mol. The fraction of sp³-hybridized carbons (Fsp3) is 0.545. The highest BCUT2D eigenvalue weighted by Gasteiger charge is 2.29. The molecule has 2 N–H and O–H groups in total. The molecule has 1 atom stereocenters. The Labute approximate surface area is 167 Å². The standard InChI is InChI=1S/C22H31N3O3/c1-17(23-7-8-24-9-11-25(12-10-24)13-14-26)22-20(27)15-19(16-21(22)28)18-5-3-2-4-6-18/h2-6,19,26-27H,7-16H2,1H3. The number of hydrogen-bond donors (Lipinski definition) is 2. The van der Waals surface area contributed by atoms with E-state index in [0.717, 1.165) is 44.8 Å². The second-order valence-corrected chi connectivity index (χ2v) is 7.63. The van der Waals surface area contributed by atoms with Gasteiger partial charge in [0.15, 0.2) is 5.78 Å². The minimum absolute atomic E-state index is 0.0172. The van der Waals surface area contributed by atoms with E-state index >= 15 is 0 Å². The van der Waals surface area contributed by atoms with Crippen LogP contribution < -0.4 is 0 Å². The van der Waals surface area contributed by atoms with Crippen molar-refractivity contribution in [3.05, 3.63) is 47.2 Å². The van der Waals surface area contributed by atoms with Gasteiger partial charge in [0, 0.05) is 57.8 Å². The molecule has 28 heavy (non-hydrogen) atoms. The van der Waals surface area contributed by atoms with E-state index in [9.17, 15) is 9.90 Å². The molecule has 1 aromatic rings. The summed E-state index contributed by atoms with van der Waals surface area (Å²) in [5.41, 5.74) is 2.16. The number of carbonyl (C=O) groups is 1. The number of hydrogen-bond acceptors (Lipinski definition) is 6. The van der Waals surface area contributed by atoms with Crippen LogP contribution in [0, 0.1) is 0 Å². The van der Waals surface area contributed by atoms with Crippen molar-refractivity contribution in [3.8, 4) is 0 Å². The van der Waals surface area contributed by atoms with Crippen molar-refractivity contribution in [2.45, 2.75) is 25.7 Å². The van der Waals surface area contributed by atoms with Gasteiger partial charge in [-0.1, -0.05) is 30.3 Å². The SMILES string of the molecule is CC(=NCCN1CCN(CCO)CC1)C1=C(O)CC(c2ccccc2)CC1=O. The number of carbonyl (C=O) groups excluding carboxylic acids is 1. The van der Waals surface area contributed by atoms with Crippen LogP contribution in [0.3, 0.4) is 0 Å². The molecular formula is C22H31N3O3. The Hall–Kier alpha value is -2.02. The number of allylic oxidation sites excluding steroid dienone is 2.